The van der Waals surface area contributed by atoms with Crippen molar-refractivity contribution >= 4 is 23.0 Å². The lowest BCUT2D eigenvalue weighted by atomic mass is 9.84. The molecule has 0 bridgehead atoms. The van der Waals surface area contributed by atoms with Crippen LogP contribution in [0.4, 0.5) is 0 Å². The highest BCUT2D eigenvalue weighted by molar-refractivity contribution is 6.20. The molecule has 1 aliphatic rings. The molecule has 3 nitrogen and oxygen atoms in total. The highest BCUT2D eigenvalue weighted by Gasteiger charge is 2.33. The van der Waals surface area contributed by atoms with E-state index in [-0.39, 0.29) is 18.0 Å². The molecule has 0 aromatic heterocycles. The summed E-state index contributed by atoms with van der Waals surface area (Å²) in [4.78, 5) is 29.7. The van der Waals surface area contributed by atoms with Crippen LogP contribution < -0.4 is 0 Å². The van der Waals surface area contributed by atoms with Crippen LogP contribution in [0, 0.1) is 0 Å². The van der Waals surface area contributed by atoms with Gasteiger partial charge >= 0.3 is 0 Å². The van der Waals surface area contributed by atoms with Gasteiger partial charge in [0, 0.05) is 35.7 Å². The fourth-order valence-corrected chi connectivity index (χ4v) is 4.69. The minimum absolute atomic E-state index is 0.0678. The van der Waals surface area contributed by atoms with Crippen molar-refractivity contribution in [2.75, 3.05) is 7.05 Å². The van der Waals surface area contributed by atoms with E-state index in [2.05, 4.69) is 0 Å². The maximum absolute atomic E-state index is 13.9. The predicted octanol–water partition coefficient (Wildman–Crippen LogP) is 6.91. The number of Topliss-reactive ketones (excluding diaryl/α,β-unsaturated/α-hetero) is 2. The van der Waals surface area contributed by atoms with E-state index in [1.54, 1.807) is 0 Å². The first-order valence-electron chi connectivity index (χ1n) is 11.7. The lowest BCUT2D eigenvalue weighted by molar-refractivity contribution is 0.102. The van der Waals surface area contributed by atoms with Crippen molar-refractivity contribution in [2.45, 2.75) is 6.42 Å². The van der Waals surface area contributed by atoms with Gasteiger partial charge in [-0.1, -0.05) is 121 Å². The Morgan fingerprint density at radius 3 is 1.17 bits per heavy atom. The highest BCUT2D eigenvalue weighted by Crippen LogP contribution is 2.41. The molecule has 0 saturated carbocycles. The van der Waals surface area contributed by atoms with Crippen LogP contribution in [0.3, 0.4) is 0 Å². The number of rotatable bonds is 6. The van der Waals surface area contributed by atoms with Gasteiger partial charge in [0.2, 0.25) is 0 Å². The summed E-state index contributed by atoms with van der Waals surface area (Å²) in [6.45, 7) is 0. The maximum atomic E-state index is 13.9. The summed E-state index contributed by atoms with van der Waals surface area (Å²) < 4.78 is 0. The van der Waals surface area contributed by atoms with E-state index in [1.165, 1.54) is 0 Å². The van der Waals surface area contributed by atoms with E-state index in [4.69, 9.17) is 0 Å². The Kier molecular flexibility index (Phi) is 6.23. The van der Waals surface area contributed by atoms with Gasteiger partial charge in [-0.15, -0.1) is 0 Å². The van der Waals surface area contributed by atoms with Crippen molar-refractivity contribution < 1.29 is 9.59 Å². The number of ketones is 2. The van der Waals surface area contributed by atoms with Crippen molar-refractivity contribution in [1.29, 1.82) is 0 Å². The number of carbonyl (C=O) groups excluding carboxylic acids is 2. The topological polar surface area (TPSA) is 37.4 Å². The zero-order valence-electron chi connectivity index (χ0n) is 19.5. The van der Waals surface area contributed by atoms with Crippen molar-refractivity contribution in [3.05, 3.63) is 155 Å². The Morgan fingerprint density at radius 2 is 0.829 bits per heavy atom. The largest absolute Gasteiger partial charge is 0.343 e. The van der Waals surface area contributed by atoms with Crippen LogP contribution in [0.15, 0.2) is 132 Å². The van der Waals surface area contributed by atoms with Gasteiger partial charge in [0.25, 0.3) is 0 Å². The number of hydrogen-bond donors (Lipinski definition) is 0. The molecule has 0 N–H and O–H groups in total. The highest BCUT2D eigenvalue weighted by atomic mass is 16.1. The van der Waals surface area contributed by atoms with E-state index in [0.717, 1.165) is 22.5 Å². The van der Waals surface area contributed by atoms with Gasteiger partial charge in [-0.3, -0.25) is 9.59 Å². The molecule has 3 heteroatoms. The Hall–Kier alpha value is -4.50. The van der Waals surface area contributed by atoms with Gasteiger partial charge in [-0.2, -0.15) is 0 Å². The molecule has 0 saturated heterocycles. The number of hydrogen-bond acceptors (Lipinski definition) is 3. The van der Waals surface area contributed by atoms with E-state index >= 15 is 0 Å². The molecule has 4 aromatic rings. The normalized spacial score (nSPS) is 13.7. The van der Waals surface area contributed by atoms with Crippen LogP contribution in [0.2, 0.25) is 0 Å². The van der Waals surface area contributed by atoms with E-state index in [9.17, 15) is 9.59 Å². The van der Waals surface area contributed by atoms with Gasteiger partial charge in [-0.25, -0.2) is 0 Å². The van der Waals surface area contributed by atoms with Crippen LogP contribution in [0.5, 0.6) is 0 Å². The Bertz CT molecular complexity index is 1310. The van der Waals surface area contributed by atoms with Crippen molar-refractivity contribution in [2.24, 2.45) is 0 Å². The molecule has 35 heavy (non-hydrogen) atoms. The summed E-state index contributed by atoms with van der Waals surface area (Å²) in [6, 6.07) is 38.4. The molecule has 4 aromatic carbocycles. The Labute approximate surface area is 205 Å². The number of carbonyl (C=O) groups is 2. The van der Waals surface area contributed by atoms with Gasteiger partial charge < -0.3 is 4.90 Å². The smallest absolute Gasteiger partial charge is 0.191 e. The average molecular weight is 456 g/mol. The summed E-state index contributed by atoms with van der Waals surface area (Å²) in [7, 11) is 1.94. The summed E-state index contributed by atoms with van der Waals surface area (Å²) in [5.41, 5.74) is 5.97. The average Bonchev–Trinajstić information content (AvgIpc) is 2.93. The predicted molar refractivity (Wildman–Crippen MR) is 141 cm³/mol. The SMILES string of the molecule is CN1C(c2ccccc2)=C(C(=O)c2ccccc2)CC(C(=O)c2ccccc2)=C1c1ccccc1. The quantitative estimate of drug-likeness (QED) is 0.297. The van der Waals surface area contributed by atoms with Gasteiger partial charge in [0.1, 0.15) is 0 Å². The molecule has 1 aliphatic heterocycles. The molecule has 0 atom stereocenters. The van der Waals surface area contributed by atoms with Crippen LogP contribution in [0.1, 0.15) is 38.3 Å². The first-order chi connectivity index (χ1) is 17.1. The Morgan fingerprint density at radius 1 is 0.514 bits per heavy atom. The molecule has 0 amide bonds. The third kappa shape index (κ3) is 4.36. The second kappa shape index (κ2) is 9.78. The van der Waals surface area contributed by atoms with Gasteiger partial charge in [0.15, 0.2) is 11.6 Å². The third-order valence-corrected chi connectivity index (χ3v) is 6.31. The zero-order valence-corrected chi connectivity index (χ0v) is 19.5. The van der Waals surface area contributed by atoms with Crippen LogP contribution in [-0.2, 0) is 0 Å². The lowest BCUT2D eigenvalue weighted by Crippen LogP contribution is -2.28. The third-order valence-electron chi connectivity index (χ3n) is 6.31. The number of benzene rings is 4. The summed E-state index contributed by atoms with van der Waals surface area (Å²) >= 11 is 0. The zero-order chi connectivity index (χ0) is 24.2. The van der Waals surface area contributed by atoms with Crippen LogP contribution in [-0.4, -0.2) is 23.5 Å². The van der Waals surface area contributed by atoms with Crippen molar-refractivity contribution in [3.63, 3.8) is 0 Å². The van der Waals surface area contributed by atoms with Gasteiger partial charge in [0.05, 0.1) is 11.4 Å². The molecule has 0 aliphatic carbocycles. The fraction of sp³-hybridized carbons (Fsp3) is 0.0625. The van der Waals surface area contributed by atoms with Crippen molar-refractivity contribution in [1.82, 2.24) is 4.90 Å². The Balaban J connectivity index is 1.74. The molecule has 0 unspecified atom stereocenters. The second-order valence-corrected chi connectivity index (χ2v) is 8.51. The molecule has 0 radical (unpaired) electrons. The van der Waals surface area contributed by atoms with E-state index in [1.807, 2.05) is 133 Å². The molecular formula is C32H25NO2. The summed E-state index contributed by atoms with van der Waals surface area (Å²) in [6.07, 6.45) is 0.250. The number of nitrogens with zero attached hydrogens (tertiary/aromatic N) is 1. The first-order valence-corrected chi connectivity index (χ1v) is 11.7. The van der Waals surface area contributed by atoms with Crippen molar-refractivity contribution in [3.8, 4) is 0 Å². The number of allylic oxidation sites excluding steroid dienone is 2. The second-order valence-electron chi connectivity index (χ2n) is 8.51. The summed E-state index contributed by atoms with van der Waals surface area (Å²) in [5.74, 6) is -0.136. The fourth-order valence-electron chi connectivity index (χ4n) is 4.69. The molecular weight excluding hydrogens is 430 g/mol. The lowest BCUT2D eigenvalue weighted by Gasteiger charge is -2.35. The first kappa shape index (κ1) is 22.3. The minimum atomic E-state index is -0.0678. The monoisotopic (exact) mass is 455 g/mol. The summed E-state index contributed by atoms with van der Waals surface area (Å²) in [5, 5.41) is 0. The van der Waals surface area contributed by atoms with Gasteiger partial charge in [-0.05, 0) is 11.1 Å². The van der Waals surface area contributed by atoms with E-state index in [0.29, 0.717) is 22.3 Å². The van der Waals surface area contributed by atoms with Crippen LogP contribution in [0.25, 0.3) is 11.4 Å². The standard InChI is InChI=1S/C32H25NO2/c1-33-29(23-14-6-2-7-15-23)27(31(34)25-18-10-4-11-19-25)22-28(30(33)24-16-8-3-9-17-24)32(35)26-20-12-5-13-21-26/h2-21H,22H2,1H3. The molecule has 0 fully saturated rings. The minimum Gasteiger partial charge on any atom is -0.343 e. The molecule has 170 valence electrons. The molecule has 0 spiro atoms. The maximum Gasteiger partial charge on any atom is 0.191 e. The van der Waals surface area contributed by atoms with E-state index < -0.39 is 0 Å². The molecule has 1 heterocycles. The molecule has 5 rings (SSSR count). The van der Waals surface area contributed by atoms with Crippen LogP contribution >= 0.6 is 0 Å².